The van der Waals surface area contributed by atoms with Crippen molar-refractivity contribution in [3.8, 4) is 0 Å². The number of nitrogens with two attached hydrogens (primary N) is 1. The number of carbonyl (C=O) groups excluding carboxylic acids is 1. The summed E-state index contributed by atoms with van der Waals surface area (Å²) in [7, 11) is 0. The third-order valence-electron chi connectivity index (χ3n) is 3.77. The maximum atomic E-state index is 11.2. The number of hydrogen-bond donors (Lipinski definition) is 1. The summed E-state index contributed by atoms with van der Waals surface area (Å²) in [5.74, 6) is -0.520. The van der Waals surface area contributed by atoms with Crippen molar-refractivity contribution in [2.45, 2.75) is 26.0 Å². The van der Waals surface area contributed by atoms with Gasteiger partial charge in [-0.2, -0.15) is 0 Å². The number of aromatic nitrogens is 1. The molecule has 0 aromatic carbocycles. The van der Waals surface area contributed by atoms with Gasteiger partial charge in [0.15, 0.2) is 5.58 Å². The largest absolute Gasteiger partial charge is 0.462 e. The first kappa shape index (κ1) is 14.0. The number of hydrogen-bond acceptors (Lipinski definition) is 5. The first-order chi connectivity index (χ1) is 10.2. The second kappa shape index (κ2) is 5.83. The quantitative estimate of drug-likeness (QED) is 0.903. The number of likely N-dealkylation sites (tertiary alicyclic amines) is 1. The van der Waals surface area contributed by atoms with Crippen molar-refractivity contribution in [1.29, 1.82) is 0 Å². The highest BCUT2D eigenvalue weighted by molar-refractivity contribution is 6.03. The Hall–Kier alpha value is -1.92. The van der Waals surface area contributed by atoms with Gasteiger partial charge in [-0.1, -0.05) is 0 Å². The van der Waals surface area contributed by atoms with Crippen molar-refractivity contribution >= 4 is 17.0 Å². The van der Waals surface area contributed by atoms with E-state index in [1.807, 2.05) is 13.0 Å². The molecule has 0 saturated carbocycles. The maximum absolute atomic E-state index is 11.2. The van der Waals surface area contributed by atoms with Gasteiger partial charge in [0.1, 0.15) is 17.3 Å². The minimum Gasteiger partial charge on any atom is -0.462 e. The lowest BCUT2D eigenvalue weighted by molar-refractivity contribution is 0.0683. The van der Waals surface area contributed by atoms with E-state index in [2.05, 4.69) is 9.88 Å². The topological polar surface area (TPSA) is 81.6 Å². The fraction of sp³-hybridized carbons (Fsp3) is 0.467. The SMILES string of the molecule is CCOC1CCN(Cc2cnc3c(C(N)=O)coc3c2)C1. The lowest BCUT2D eigenvalue weighted by atomic mass is 10.2. The number of amides is 1. The fourth-order valence-electron chi connectivity index (χ4n) is 2.79. The molecule has 0 spiro atoms. The minimum absolute atomic E-state index is 0.328. The number of pyridine rings is 1. The molecule has 1 aliphatic heterocycles. The maximum Gasteiger partial charge on any atom is 0.254 e. The van der Waals surface area contributed by atoms with Gasteiger partial charge in [0, 0.05) is 32.4 Å². The van der Waals surface area contributed by atoms with Crippen molar-refractivity contribution in [3.05, 3.63) is 29.7 Å². The number of rotatable bonds is 5. The Kier molecular flexibility index (Phi) is 3.90. The number of ether oxygens (including phenoxy) is 1. The van der Waals surface area contributed by atoms with Crippen LogP contribution in [0.15, 0.2) is 22.9 Å². The molecule has 2 N–H and O–H groups in total. The Morgan fingerprint density at radius 3 is 3.24 bits per heavy atom. The third-order valence-corrected chi connectivity index (χ3v) is 3.77. The molecule has 1 atom stereocenters. The van der Waals surface area contributed by atoms with Crippen LogP contribution in [-0.2, 0) is 11.3 Å². The molecule has 1 unspecified atom stereocenters. The normalized spacial score (nSPS) is 19.4. The predicted octanol–water partition coefficient (Wildman–Crippen LogP) is 1.54. The standard InChI is InChI=1S/C15H19N3O3/c1-2-20-11-3-4-18(8-11)7-10-5-13-14(17-6-10)12(9-21-13)15(16)19/h5-6,9,11H,2-4,7-8H2,1H3,(H2,16,19). The molecule has 1 aliphatic rings. The highest BCUT2D eigenvalue weighted by Crippen LogP contribution is 2.21. The van der Waals surface area contributed by atoms with Crippen LogP contribution >= 0.6 is 0 Å². The van der Waals surface area contributed by atoms with Gasteiger partial charge in [-0.25, -0.2) is 0 Å². The first-order valence-electron chi connectivity index (χ1n) is 7.17. The van der Waals surface area contributed by atoms with E-state index in [0.717, 1.165) is 38.2 Å². The van der Waals surface area contributed by atoms with E-state index in [1.165, 1.54) is 6.26 Å². The van der Waals surface area contributed by atoms with Gasteiger partial charge < -0.3 is 14.9 Å². The van der Waals surface area contributed by atoms with Gasteiger partial charge >= 0.3 is 0 Å². The Morgan fingerprint density at radius 1 is 1.62 bits per heavy atom. The van der Waals surface area contributed by atoms with Crippen LogP contribution < -0.4 is 5.73 Å². The molecule has 2 aromatic heterocycles. The van der Waals surface area contributed by atoms with Gasteiger partial charge in [0.25, 0.3) is 5.91 Å². The summed E-state index contributed by atoms with van der Waals surface area (Å²) < 4.78 is 11.0. The predicted molar refractivity (Wildman–Crippen MR) is 77.8 cm³/mol. The molecule has 0 bridgehead atoms. The molecule has 0 aliphatic carbocycles. The number of furan rings is 1. The van der Waals surface area contributed by atoms with Gasteiger partial charge in [-0.15, -0.1) is 0 Å². The zero-order valence-corrected chi connectivity index (χ0v) is 12.0. The van der Waals surface area contributed by atoms with E-state index < -0.39 is 5.91 Å². The molecule has 0 radical (unpaired) electrons. The average Bonchev–Trinajstić information content (AvgIpc) is 3.05. The van der Waals surface area contributed by atoms with Crippen LogP contribution in [-0.4, -0.2) is 41.6 Å². The highest BCUT2D eigenvalue weighted by atomic mass is 16.5. The van der Waals surface area contributed by atoms with Crippen LogP contribution in [0.4, 0.5) is 0 Å². The minimum atomic E-state index is -0.520. The summed E-state index contributed by atoms with van der Waals surface area (Å²) in [6.45, 7) is 5.55. The number of carbonyl (C=O) groups is 1. The summed E-state index contributed by atoms with van der Waals surface area (Å²) in [4.78, 5) is 17.9. The molecule has 112 valence electrons. The molecule has 3 heterocycles. The molecule has 1 fully saturated rings. The average molecular weight is 289 g/mol. The van der Waals surface area contributed by atoms with Gasteiger partial charge in [0.05, 0.1) is 6.10 Å². The lowest BCUT2D eigenvalue weighted by Gasteiger charge is -2.15. The van der Waals surface area contributed by atoms with Crippen molar-refractivity contribution in [2.75, 3.05) is 19.7 Å². The zero-order chi connectivity index (χ0) is 14.8. The van der Waals surface area contributed by atoms with Crippen LogP contribution in [0.5, 0.6) is 0 Å². The molecule has 21 heavy (non-hydrogen) atoms. The number of nitrogens with zero attached hydrogens (tertiary/aromatic N) is 2. The monoisotopic (exact) mass is 289 g/mol. The highest BCUT2D eigenvalue weighted by Gasteiger charge is 2.23. The van der Waals surface area contributed by atoms with Crippen molar-refractivity contribution in [2.24, 2.45) is 5.73 Å². The Balaban J connectivity index is 1.72. The molecule has 2 aromatic rings. The molecule has 3 rings (SSSR count). The number of fused-ring (bicyclic) bond motifs is 1. The molecular weight excluding hydrogens is 270 g/mol. The summed E-state index contributed by atoms with van der Waals surface area (Å²) in [6.07, 6.45) is 4.54. The second-order valence-corrected chi connectivity index (χ2v) is 5.31. The molecule has 1 saturated heterocycles. The van der Waals surface area contributed by atoms with Crippen LogP contribution in [0.2, 0.25) is 0 Å². The molecule has 6 nitrogen and oxygen atoms in total. The first-order valence-corrected chi connectivity index (χ1v) is 7.17. The van der Waals surface area contributed by atoms with Gasteiger partial charge in [0.2, 0.25) is 0 Å². The summed E-state index contributed by atoms with van der Waals surface area (Å²) in [5, 5.41) is 0. The Labute approximate surface area is 122 Å². The van der Waals surface area contributed by atoms with E-state index in [4.69, 9.17) is 14.9 Å². The van der Waals surface area contributed by atoms with E-state index in [0.29, 0.717) is 22.8 Å². The molecule has 6 heteroatoms. The fourth-order valence-corrected chi connectivity index (χ4v) is 2.79. The van der Waals surface area contributed by atoms with E-state index in [1.54, 1.807) is 6.20 Å². The third kappa shape index (κ3) is 2.91. The van der Waals surface area contributed by atoms with Crippen LogP contribution in [0.1, 0.15) is 29.3 Å². The summed E-state index contributed by atoms with van der Waals surface area (Å²) in [6, 6.07) is 1.92. The summed E-state index contributed by atoms with van der Waals surface area (Å²) in [5.41, 5.74) is 7.79. The van der Waals surface area contributed by atoms with Crippen LogP contribution in [0.3, 0.4) is 0 Å². The van der Waals surface area contributed by atoms with Crippen LogP contribution in [0, 0.1) is 0 Å². The van der Waals surface area contributed by atoms with E-state index in [9.17, 15) is 4.79 Å². The van der Waals surface area contributed by atoms with Gasteiger partial charge in [-0.3, -0.25) is 14.7 Å². The van der Waals surface area contributed by atoms with Crippen molar-refractivity contribution < 1.29 is 13.9 Å². The number of primary amides is 1. The Morgan fingerprint density at radius 2 is 2.48 bits per heavy atom. The summed E-state index contributed by atoms with van der Waals surface area (Å²) >= 11 is 0. The van der Waals surface area contributed by atoms with Crippen molar-refractivity contribution in [1.82, 2.24) is 9.88 Å². The van der Waals surface area contributed by atoms with E-state index >= 15 is 0 Å². The van der Waals surface area contributed by atoms with Crippen molar-refractivity contribution in [3.63, 3.8) is 0 Å². The van der Waals surface area contributed by atoms with Crippen LogP contribution in [0.25, 0.3) is 11.1 Å². The van der Waals surface area contributed by atoms with E-state index in [-0.39, 0.29) is 0 Å². The van der Waals surface area contributed by atoms with Gasteiger partial charge in [-0.05, 0) is 25.0 Å². The smallest absolute Gasteiger partial charge is 0.254 e. The molecule has 1 amide bonds. The second-order valence-electron chi connectivity index (χ2n) is 5.31. The molecular formula is C15H19N3O3. The lowest BCUT2D eigenvalue weighted by Crippen LogP contribution is -2.23. The zero-order valence-electron chi connectivity index (χ0n) is 12.0. The Bertz CT molecular complexity index is 653.